The van der Waals surface area contributed by atoms with Crippen molar-refractivity contribution in [2.45, 2.75) is 38.6 Å². The molecule has 0 bridgehead atoms. The first-order chi connectivity index (χ1) is 7.10. The van der Waals surface area contributed by atoms with Crippen LogP contribution >= 0.6 is 0 Å². The van der Waals surface area contributed by atoms with Crippen molar-refractivity contribution < 1.29 is 18.0 Å². The molecule has 0 aliphatic heterocycles. The van der Waals surface area contributed by atoms with Crippen LogP contribution in [0.25, 0.3) is 0 Å². The van der Waals surface area contributed by atoms with Crippen LogP contribution in [0.5, 0.6) is 0 Å². The second kappa shape index (κ2) is 7.32. The third-order valence-electron chi connectivity index (χ3n) is 2.36. The highest BCUT2D eigenvalue weighted by atomic mass is 28.4. The molecule has 0 amide bonds. The standard InChI is InChI=1S/C9H23NO4Si/c1-6-8(10)14-9(7-2)15(11-3,12-4)13-5/h8-9H,6-7,10H2,1-5H3. The van der Waals surface area contributed by atoms with Crippen molar-refractivity contribution in [3.8, 4) is 0 Å². The zero-order valence-corrected chi connectivity index (χ0v) is 11.3. The van der Waals surface area contributed by atoms with Gasteiger partial charge < -0.3 is 23.7 Å². The molecule has 0 radical (unpaired) electrons. The summed E-state index contributed by atoms with van der Waals surface area (Å²) in [5, 5.41) is 0. The van der Waals surface area contributed by atoms with Crippen molar-refractivity contribution in [2.75, 3.05) is 21.3 Å². The fourth-order valence-corrected chi connectivity index (χ4v) is 3.51. The first-order valence-corrected chi connectivity index (χ1v) is 6.96. The Bertz CT molecular complexity index is 158. The zero-order chi connectivity index (χ0) is 11.9. The molecule has 0 saturated heterocycles. The smallest absolute Gasteiger partial charge is 0.375 e. The third-order valence-corrected chi connectivity index (χ3v) is 5.40. The zero-order valence-electron chi connectivity index (χ0n) is 10.3. The Kier molecular flexibility index (Phi) is 7.32. The molecule has 0 saturated carbocycles. The molecule has 0 fully saturated rings. The third kappa shape index (κ3) is 3.82. The lowest BCUT2D eigenvalue weighted by molar-refractivity contribution is -0.0282. The largest absolute Gasteiger partial charge is 0.530 e. The van der Waals surface area contributed by atoms with E-state index in [1.165, 1.54) is 0 Å². The summed E-state index contributed by atoms with van der Waals surface area (Å²) >= 11 is 0. The van der Waals surface area contributed by atoms with E-state index in [0.29, 0.717) is 0 Å². The SMILES string of the molecule is CCC(N)OC(CC)[Si](OC)(OC)OC. The van der Waals surface area contributed by atoms with E-state index in [1.807, 2.05) is 13.8 Å². The Morgan fingerprint density at radius 3 is 1.73 bits per heavy atom. The highest BCUT2D eigenvalue weighted by Gasteiger charge is 2.48. The van der Waals surface area contributed by atoms with E-state index in [1.54, 1.807) is 21.3 Å². The Labute approximate surface area is 93.2 Å². The maximum atomic E-state index is 5.74. The minimum Gasteiger partial charge on any atom is -0.375 e. The summed E-state index contributed by atoms with van der Waals surface area (Å²) in [6.07, 6.45) is 1.19. The topological polar surface area (TPSA) is 62.9 Å². The van der Waals surface area contributed by atoms with Gasteiger partial charge in [0.05, 0.1) is 0 Å². The van der Waals surface area contributed by atoms with E-state index in [4.69, 9.17) is 23.7 Å². The predicted octanol–water partition coefficient (Wildman–Crippen LogP) is 0.894. The van der Waals surface area contributed by atoms with E-state index in [9.17, 15) is 0 Å². The maximum absolute atomic E-state index is 5.74. The van der Waals surface area contributed by atoms with Crippen molar-refractivity contribution in [3.63, 3.8) is 0 Å². The maximum Gasteiger partial charge on any atom is 0.530 e. The fourth-order valence-electron chi connectivity index (χ4n) is 1.38. The minimum atomic E-state index is -2.73. The van der Waals surface area contributed by atoms with Crippen LogP contribution in [0.4, 0.5) is 0 Å². The lowest BCUT2D eigenvalue weighted by Gasteiger charge is -2.33. The Morgan fingerprint density at radius 2 is 1.47 bits per heavy atom. The van der Waals surface area contributed by atoms with Gasteiger partial charge in [0.25, 0.3) is 0 Å². The van der Waals surface area contributed by atoms with Gasteiger partial charge >= 0.3 is 8.80 Å². The molecule has 0 heterocycles. The number of hydrogen-bond donors (Lipinski definition) is 1. The van der Waals surface area contributed by atoms with Gasteiger partial charge in [-0.05, 0) is 12.8 Å². The van der Waals surface area contributed by atoms with E-state index < -0.39 is 8.80 Å². The van der Waals surface area contributed by atoms with Crippen molar-refractivity contribution in [2.24, 2.45) is 5.73 Å². The van der Waals surface area contributed by atoms with E-state index in [0.717, 1.165) is 12.8 Å². The summed E-state index contributed by atoms with van der Waals surface area (Å²) < 4.78 is 21.7. The Morgan fingerprint density at radius 1 is 1.00 bits per heavy atom. The van der Waals surface area contributed by atoms with Gasteiger partial charge in [0.15, 0.2) is 0 Å². The van der Waals surface area contributed by atoms with Crippen molar-refractivity contribution >= 4 is 8.80 Å². The van der Waals surface area contributed by atoms with E-state index in [-0.39, 0.29) is 12.0 Å². The van der Waals surface area contributed by atoms with Gasteiger partial charge in [0.1, 0.15) is 12.0 Å². The number of hydrogen-bond acceptors (Lipinski definition) is 5. The van der Waals surface area contributed by atoms with Crippen molar-refractivity contribution in [3.05, 3.63) is 0 Å². The molecule has 0 aliphatic carbocycles. The number of ether oxygens (including phenoxy) is 1. The first kappa shape index (κ1) is 15.0. The number of rotatable bonds is 8. The summed E-state index contributed by atoms with van der Waals surface area (Å²) in [5.74, 6) is 0. The van der Waals surface area contributed by atoms with Gasteiger partial charge in [-0.15, -0.1) is 0 Å². The van der Waals surface area contributed by atoms with Gasteiger partial charge in [0, 0.05) is 21.3 Å². The molecule has 5 nitrogen and oxygen atoms in total. The van der Waals surface area contributed by atoms with Crippen LogP contribution in [0, 0.1) is 0 Å². The highest BCUT2D eigenvalue weighted by molar-refractivity contribution is 6.62. The Balaban J connectivity index is 4.58. The molecule has 2 unspecified atom stereocenters. The normalized spacial score (nSPS) is 16.4. The monoisotopic (exact) mass is 237 g/mol. The summed E-state index contributed by atoms with van der Waals surface area (Å²) in [6.45, 7) is 3.96. The molecule has 0 spiro atoms. The second-order valence-corrected chi connectivity index (χ2v) is 6.27. The highest BCUT2D eigenvalue weighted by Crippen LogP contribution is 2.19. The quantitative estimate of drug-likeness (QED) is 0.502. The molecular weight excluding hydrogens is 214 g/mol. The number of nitrogens with two attached hydrogens (primary N) is 1. The van der Waals surface area contributed by atoms with Crippen LogP contribution in [-0.4, -0.2) is 42.1 Å². The molecule has 2 N–H and O–H groups in total. The van der Waals surface area contributed by atoms with Gasteiger partial charge in [-0.2, -0.15) is 0 Å². The van der Waals surface area contributed by atoms with Crippen LogP contribution in [0.1, 0.15) is 26.7 Å². The minimum absolute atomic E-state index is 0.215. The molecule has 0 aromatic heterocycles. The van der Waals surface area contributed by atoms with Crippen LogP contribution < -0.4 is 5.73 Å². The molecule has 0 aliphatic rings. The molecule has 0 aromatic carbocycles. The van der Waals surface area contributed by atoms with Crippen LogP contribution in [-0.2, 0) is 18.0 Å². The lowest BCUT2D eigenvalue weighted by Crippen LogP contribution is -2.56. The molecule has 15 heavy (non-hydrogen) atoms. The average Bonchev–Trinajstić information content (AvgIpc) is 2.29. The molecule has 6 heteroatoms. The van der Waals surface area contributed by atoms with Gasteiger partial charge in [-0.1, -0.05) is 13.8 Å². The molecular formula is C9H23NO4Si. The molecule has 0 aromatic rings. The van der Waals surface area contributed by atoms with Crippen molar-refractivity contribution in [1.82, 2.24) is 0 Å². The second-order valence-electron chi connectivity index (χ2n) is 3.20. The summed E-state index contributed by atoms with van der Waals surface area (Å²) in [4.78, 5) is 0. The van der Waals surface area contributed by atoms with E-state index in [2.05, 4.69) is 0 Å². The van der Waals surface area contributed by atoms with Crippen LogP contribution in [0.3, 0.4) is 0 Å². The van der Waals surface area contributed by atoms with E-state index >= 15 is 0 Å². The molecule has 92 valence electrons. The first-order valence-electron chi connectivity index (χ1n) is 5.16. The van der Waals surface area contributed by atoms with Gasteiger partial charge in [-0.25, -0.2) is 0 Å². The lowest BCUT2D eigenvalue weighted by atomic mass is 10.4. The van der Waals surface area contributed by atoms with Gasteiger partial charge in [0.2, 0.25) is 0 Å². The molecule has 0 rings (SSSR count). The summed E-state index contributed by atoms with van der Waals surface area (Å²) in [5.41, 5.74) is 5.53. The fraction of sp³-hybridized carbons (Fsp3) is 1.00. The molecule has 2 atom stereocenters. The van der Waals surface area contributed by atoms with Crippen molar-refractivity contribution in [1.29, 1.82) is 0 Å². The summed E-state index contributed by atoms with van der Waals surface area (Å²) in [7, 11) is 1.99. The Hall–Kier alpha value is 0.0169. The van der Waals surface area contributed by atoms with Gasteiger partial charge in [-0.3, -0.25) is 0 Å². The van der Waals surface area contributed by atoms with Crippen LogP contribution in [0.15, 0.2) is 0 Å². The summed E-state index contributed by atoms with van der Waals surface area (Å²) in [6, 6.07) is 0. The predicted molar refractivity (Wildman–Crippen MR) is 60.2 cm³/mol. The average molecular weight is 237 g/mol. The van der Waals surface area contributed by atoms with Crippen LogP contribution in [0.2, 0.25) is 0 Å².